The third-order valence-electron chi connectivity index (χ3n) is 2.78. The molecule has 0 saturated heterocycles. The van der Waals surface area contributed by atoms with Crippen molar-refractivity contribution in [1.82, 2.24) is 5.32 Å². The molecule has 2 atom stereocenters. The van der Waals surface area contributed by atoms with Crippen molar-refractivity contribution in [2.75, 3.05) is 0 Å². The number of Topliss-reactive ketones (excluding diaryl/α,β-unsaturated/α-hetero) is 1. The molecule has 0 amide bonds. The summed E-state index contributed by atoms with van der Waals surface area (Å²) in [6, 6.07) is 4.61. The van der Waals surface area contributed by atoms with E-state index in [0.29, 0.717) is 17.1 Å². The number of ketones is 1. The van der Waals surface area contributed by atoms with E-state index in [4.69, 9.17) is 9.47 Å². The fourth-order valence-electron chi connectivity index (χ4n) is 2.08. The van der Waals surface area contributed by atoms with Crippen molar-refractivity contribution < 1.29 is 19.4 Å². The maximum absolute atomic E-state index is 12.2. The first kappa shape index (κ1) is 14.0. The van der Waals surface area contributed by atoms with Crippen LogP contribution in [0.1, 0.15) is 17.3 Å². The van der Waals surface area contributed by atoms with Gasteiger partial charge in [-0.25, -0.2) is 0 Å². The second-order valence-electron chi connectivity index (χ2n) is 5.25. The molecule has 1 aliphatic heterocycles. The Morgan fingerprint density at radius 1 is 1.42 bits per heavy atom. The average Bonchev–Trinajstić information content (AvgIpc) is 2.64. The Kier molecular flexibility index (Phi) is 3.65. The number of carbonyl (C=O) groups excluding carboxylic acids is 1. The van der Waals surface area contributed by atoms with Gasteiger partial charge in [0.15, 0.2) is 23.5 Å². The van der Waals surface area contributed by atoms with Crippen molar-refractivity contribution in [3.05, 3.63) is 23.8 Å². The van der Waals surface area contributed by atoms with Crippen LogP contribution in [-0.2, 0) is 0 Å². The van der Waals surface area contributed by atoms with Gasteiger partial charge in [0.25, 0.3) is 0 Å². The first-order chi connectivity index (χ1) is 8.76. The lowest BCUT2D eigenvalue weighted by Gasteiger charge is -2.24. The summed E-state index contributed by atoms with van der Waals surface area (Å²) >= 11 is 0. The molecule has 0 fully saturated rings. The van der Waals surface area contributed by atoms with Crippen LogP contribution >= 0.6 is 0 Å². The van der Waals surface area contributed by atoms with Crippen LogP contribution in [0.3, 0.4) is 0 Å². The van der Waals surface area contributed by atoms with Gasteiger partial charge in [0.2, 0.25) is 7.85 Å². The Morgan fingerprint density at radius 3 is 2.68 bits per heavy atom. The molecular formula is C11H16B3NO4. The first-order valence-electron chi connectivity index (χ1n) is 6.28. The van der Waals surface area contributed by atoms with E-state index < -0.39 is 11.6 Å². The van der Waals surface area contributed by atoms with Gasteiger partial charge in [-0.1, -0.05) is 0 Å². The van der Waals surface area contributed by atoms with E-state index in [9.17, 15) is 9.90 Å². The number of ether oxygens (including phenoxy) is 2. The van der Waals surface area contributed by atoms with Crippen molar-refractivity contribution in [2.45, 2.75) is 24.7 Å². The zero-order valence-corrected chi connectivity index (χ0v) is 11.6. The molecule has 1 aliphatic rings. The Bertz CT molecular complexity index is 503. The van der Waals surface area contributed by atoms with Crippen LogP contribution in [0.4, 0.5) is 0 Å². The number of carbonyl (C=O) groups is 1. The Hall–Kier alpha value is -1.40. The summed E-state index contributed by atoms with van der Waals surface area (Å²) in [7, 11) is 4.98. The molecule has 19 heavy (non-hydrogen) atoms. The van der Waals surface area contributed by atoms with E-state index in [-0.39, 0.29) is 12.0 Å². The Labute approximate surface area is 114 Å². The monoisotopic (exact) mass is 259 g/mol. The highest BCUT2D eigenvalue weighted by Gasteiger charge is 2.25. The molecule has 2 rings (SSSR count). The number of fused-ring (bicyclic) bond motifs is 1. The molecular weight excluding hydrogens is 243 g/mol. The van der Waals surface area contributed by atoms with Crippen LogP contribution in [0.5, 0.6) is 11.5 Å². The standard InChI is InChI=1S/C11H16B3NO4/c1-5(15-11(13,14)17)9(16)6-2-3-7-8(4-6)19-10(12)18-7/h2-5,10,15,17H,12-14H2,1H3/t5-,10?/m0/s1. The topological polar surface area (TPSA) is 67.8 Å². The quantitative estimate of drug-likeness (QED) is 0.352. The maximum atomic E-state index is 12.2. The molecule has 1 aromatic carbocycles. The van der Waals surface area contributed by atoms with Gasteiger partial charge in [-0.3, -0.25) is 10.1 Å². The third-order valence-corrected chi connectivity index (χ3v) is 2.78. The molecule has 0 saturated carbocycles. The molecule has 1 aromatic rings. The molecule has 0 radical (unpaired) electrons. The van der Waals surface area contributed by atoms with E-state index >= 15 is 0 Å². The van der Waals surface area contributed by atoms with Gasteiger partial charge in [0.05, 0.1) is 6.04 Å². The van der Waals surface area contributed by atoms with Gasteiger partial charge < -0.3 is 14.6 Å². The summed E-state index contributed by atoms with van der Waals surface area (Å²) in [4.78, 5) is 12.2. The minimum atomic E-state index is -1.10. The summed E-state index contributed by atoms with van der Waals surface area (Å²) in [6.45, 7) is 1.72. The maximum Gasteiger partial charge on any atom is 0.207 e. The summed E-state index contributed by atoms with van der Waals surface area (Å²) in [5.41, 5.74) is -0.569. The van der Waals surface area contributed by atoms with Crippen molar-refractivity contribution in [3.8, 4) is 11.5 Å². The highest BCUT2D eigenvalue weighted by atomic mass is 16.7. The van der Waals surface area contributed by atoms with Gasteiger partial charge in [0, 0.05) is 11.1 Å². The predicted octanol–water partition coefficient (Wildman–Crippen LogP) is -2.59. The molecule has 5 nitrogen and oxygen atoms in total. The Balaban J connectivity index is 2.15. The van der Waals surface area contributed by atoms with Crippen molar-refractivity contribution in [1.29, 1.82) is 0 Å². The summed E-state index contributed by atoms with van der Waals surface area (Å²) in [5.74, 6) is 1.12. The zero-order chi connectivity index (χ0) is 14.2. The van der Waals surface area contributed by atoms with E-state index in [1.54, 1.807) is 48.7 Å². The van der Waals surface area contributed by atoms with E-state index in [0.717, 1.165) is 0 Å². The van der Waals surface area contributed by atoms with Gasteiger partial charge in [-0.2, -0.15) is 0 Å². The van der Waals surface area contributed by atoms with Gasteiger partial charge in [0.1, 0.15) is 15.7 Å². The van der Waals surface area contributed by atoms with E-state index in [2.05, 4.69) is 5.32 Å². The number of aliphatic hydroxyl groups is 1. The minimum Gasteiger partial charge on any atom is -0.460 e. The number of nitrogens with one attached hydrogen (secondary N) is 1. The summed E-state index contributed by atoms with van der Waals surface area (Å²) < 4.78 is 10.8. The second kappa shape index (κ2) is 4.94. The summed E-state index contributed by atoms with van der Waals surface area (Å²) in [5, 5.41) is 12.5. The van der Waals surface area contributed by atoms with Gasteiger partial charge in [-0.05, 0) is 25.1 Å². The number of hydrogen-bond donors (Lipinski definition) is 2. The second-order valence-corrected chi connectivity index (χ2v) is 5.25. The molecule has 0 bridgehead atoms. The lowest BCUT2D eigenvalue weighted by molar-refractivity contribution is 0.0888. The first-order valence-corrected chi connectivity index (χ1v) is 6.28. The number of hydrogen-bond acceptors (Lipinski definition) is 5. The van der Waals surface area contributed by atoms with Crippen LogP contribution in [0.25, 0.3) is 0 Å². The average molecular weight is 259 g/mol. The Morgan fingerprint density at radius 2 is 2.05 bits per heavy atom. The highest BCUT2D eigenvalue weighted by Crippen LogP contribution is 2.34. The smallest absolute Gasteiger partial charge is 0.207 e. The molecule has 1 unspecified atom stereocenters. The van der Waals surface area contributed by atoms with Gasteiger partial charge >= 0.3 is 0 Å². The molecule has 1 heterocycles. The number of benzene rings is 1. The number of rotatable bonds is 4. The fraction of sp³-hybridized carbons (Fsp3) is 0.364. The lowest BCUT2D eigenvalue weighted by atomic mass is 9.73. The van der Waals surface area contributed by atoms with Crippen molar-refractivity contribution >= 4 is 29.3 Å². The van der Waals surface area contributed by atoms with Crippen LogP contribution in [0.2, 0.25) is 0 Å². The van der Waals surface area contributed by atoms with Crippen molar-refractivity contribution in [2.24, 2.45) is 0 Å². The molecule has 2 N–H and O–H groups in total. The normalized spacial score (nSPS) is 19.2. The van der Waals surface area contributed by atoms with Gasteiger partial charge in [-0.15, -0.1) is 0 Å². The zero-order valence-electron chi connectivity index (χ0n) is 11.6. The van der Waals surface area contributed by atoms with Crippen LogP contribution in [0.15, 0.2) is 18.2 Å². The van der Waals surface area contributed by atoms with Crippen LogP contribution in [0, 0.1) is 0 Å². The molecule has 8 heteroatoms. The SMILES string of the molecule is BC1Oc2ccc(C(=O)[C@H](C)NC(B)(B)O)cc2O1. The molecule has 0 aromatic heterocycles. The van der Waals surface area contributed by atoms with Crippen molar-refractivity contribution in [3.63, 3.8) is 0 Å². The largest absolute Gasteiger partial charge is 0.460 e. The van der Waals surface area contributed by atoms with E-state index in [1.807, 2.05) is 0 Å². The molecule has 0 aliphatic carbocycles. The molecule has 0 spiro atoms. The molecule has 98 valence electrons. The third kappa shape index (κ3) is 3.33. The minimum absolute atomic E-state index is 0.104. The lowest BCUT2D eigenvalue weighted by Crippen LogP contribution is -2.53. The predicted molar refractivity (Wildman–Crippen MR) is 79.0 cm³/mol. The van der Waals surface area contributed by atoms with Crippen LogP contribution in [-0.4, -0.2) is 52.2 Å². The summed E-state index contributed by atoms with van der Waals surface area (Å²) in [6.07, 6.45) is -0.327. The fourth-order valence-corrected chi connectivity index (χ4v) is 2.08. The van der Waals surface area contributed by atoms with Crippen LogP contribution < -0.4 is 14.8 Å². The highest BCUT2D eigenvalue weighted by molar-refractivity contribution is 6.38. The van der Waals surface area contributed by atoms with E-state index in [1.165, 1.54) is 0 Å².